The van der Waals surface area contributed by atoms with Crippen molar-refractivity contribution in [2.75, 3.05) is 35.7 Å². The summed E-state index contributed by atoms with van der Waals surface area (Å²) in [6.45, 7) is 1.77. The van der Waals surface area contributed by atoms with Gasteiger partial charge in [-0.1, -0.05) is 48.5 Å². The third kappa shape index (κ3) is 5.04. The van der Waals surface area contributed by atoms with E-state index in [1.54, 1.807) is 12.3 Å². The zero-order valence-electron chi connectivity index (χ0n) is 19.1. The zero-order chi connectivity index (χ0) is 24.0. The Kier molecular flexibility index (Phi) is 6.49. The van der Waals surface area contributed by atoms with Crippen LogP contribution in [0, 0.1) is 0 Å². The number of anilines is 3. The molecule has 1 saturated heterocycles. The van der Waals surface area contributed by atoms with Crippen LogP contribution in [0.15, 0.2) is 90.1 Å². The third-order valence-electron chi connectivity index (χ3n) is 5.75. The van der Waals surface area contributed by atoms with Crippen molar-refractivity contribution < 1.29 is 4.74 Å². The normalized spacial score (nSPS) is 16.2. The van der Waals surface area contributed by atoms with Gasteiger partial charge in [0.1, 0.15) is 0 Å². The molecule has 0 bridgehead atoms. The Morgan fingerprint density at radius 2 is 1.80 bits per heavy atom. The van der Waals surface area contributed by atoms with Gasteiger partial charge in [0.2, 0.25) is 0 Å². The zero-order valence-corrected chi connectivity index (χ0v) is 19.1. The van der Waals surface area contributed by atoms with E-state index in [9.17, 15) is 0 Å². The molecule has 1 aliphatic rings. The topological polar surface area (TPSA) is 128 Å². The molecule has 176 valence electrons. The van der Waals surface area contributed by atoms with E-state index >= 15 is 0 Å². The third-order valence-corrected chi connectivity index (χ3v) is 5.75. The van der Waals surface area contributed by atoms with Crippen LogP contribution in [-0.4, -0.2) is 40.9 Å². The number of nitrogens with one attached hydrogen (secondary N) is 1. The molecule has 2 aromatic carbocycles. The molecular weight excluding hydrogens is 440 g/mol. The molecular formula is C26H26N8O. The first-order valence-corrected chi connectivity index (χ1v) is 11.3. The predicted octanol–water partition coefficient (Wildman–Crippen LogP) is 3.76. The van der Waals surface area contributed by atoms with Gasteiger partial charge in [0, 0.05) is 29.6 Å². The molecule has 1 aliphatic heterocycles. The molecule has 1 unspecified atom stereocenters. The van der Waals surface area contributed by atoms with Crippen LogP contribution in [0.3, 0.4) is 0 Å². The molecule has 5 rings (SSSR count). The maximum atomic E-state index is 6.25. The first-order valence-electron chi connectivity index (χ1n) is 11.3. The number of para-hydroxylation sites is 1. The van der Waals surface area contributed by atoms with E-state index in [-0.39, 0.29) is 12.0 Å². The minimum atomic E-state index is -0.0950. The summed E-state index contributed by atoms with van der Waals surface area (Å²) in [5, 5.41) is 11.7. The minimum Gasteiger partial charge on any atom is -0.396 e. The van der Waals surface area contributed by atoms with Gasteiger partial charge < -0.3 is 26.4 Å². The van der Waals surface area contributed by atoms with Gasteiger partial charge in [-0.25, -0.2) is 4.98 Å². The van der Waals surface area contributed by atoms with Crippen molar-refractivity contribution >= 4 is 29.0 Å². The van der Waals surface area contributed by atoms with Gasteiger partial charge in [0.15, 0.2) is 17.6 Å². The van der Waals surface area contributed by atoms with E-state index in [1.165, 1.54) is 0 Å². The summed E-state index contributed by atoms with van der Waals surface area (Å²) in [6.07, 6.45) is 1.75. The highest BCUT2D eigenvalue weighted by Gasteiger charge is 2.28. The molecule has 0 radical (unpaired) electrons. The minimum absolute atomic E-state index is 0.0950. The van der Waals surface area contributed by atoms with Crippen LogP contribution in [-0.2, 0) is 4.74 Å². The summed E-state index contributed by atoms with van der Waals surface area (Å²) in [7, 11) is 0. The van der Waals surface area contributed by atoms with Gasteiger partial charge in [-0.2, -0.15) is 4.99 Å². The van der Waals surface area contributed by atoms with E-state index in [4.69, 9.17) is 16.2 Å². The number of guanidine groups is 1. The van der Waals surface area contributed by atoms with Crippen LogP contribution >= 0.6 is 0 Å². The fourth-order valence-electron chi connectivity index (χ4n) is 4.10. The van der Waals surface area contributed by atoms with Gasteiger partial charge in [-0.05, 0) is 30.3 Å². The highest BCUT2D eigenvalue weighted by atomic mass is 16.5. The molecule has 2 aromatic heterocycles. The second-order valence-electron chi connectivity index (χ2n) is 8.05. The lowest BCUT2D eigenvalue weighted by Gasteiger charge is -2.38. The average molecular weight is 467 g/mol. The number of benzene rings is 2. The standard InChI is InChI=1S/C26H26N8O/c27-20-10-6-14-29-25(20)34-15-16-35-17-23(34)19-9-4-5-11-22(19)30-26(28)31-24-13-12-21(32-33-24)18-7-2-1-3-8-18/h1-14,23H,15-17,27H2,(H3,28,30,31,33). The molecule has 3 heterocycles. The Balaban J connectivity index is 1.38. The second-order valence-corrected chi connectivity index (χ2v) is 8.05. The number of hydrogen-bond donors (Lipinski definition) is 3. The van der Waals surface area contributed by atoms with Crippen molar-refractivity contribution in [1.82, 2.24) is 15.2 Å². The Hall–Kier alpha value is -4.50. The van der Waals surface area contributed by atoms with E-state index in [1.807, 2.05) is 72.8 Å². The van der Waals surface area contributed by atoms with Gasteiger partial charge in [-0.3, -0.25) is 0 Å². The Labute approximate surface area is 203 Å². The Bertz CT molecular complexity index is 1310. The summed E-state index contributed by atoms with van der Waals surface area (Å²) < 4.78 is 5.81. The molecule has 0 aliphatic carbocycles. The summed E-state index contributed by atoms with van der Waals surface area (Å²) in [4.78, 5) is 11.1. The molecule has 0 spiro atoms. The fraction of sp³-hybridized carbons (Fsp3) is 0.154. The van der Waals surface area contributed by atoms with Gasteiger partial charge >= 0.3 is 0 Å². The van der Waals surface area contributed by atoms with E-state index < -0.39 is 0 Å². The Morgan fingerprint density at radius 3 is 2.60 bits per heavy atom. The highest BCUT2D eigenvalue weighted by Crippen LogP contribution is 2.35. The number of ether oxygens (including phenoxy) is 1. The number of nitrogen functional groups attached to an aromatic ring is 1. The maximum absolute atomic E-state index is 6.25. The van der Waals surface area contributed by atoms with E-state index in [2.05, 4.69) is 30.4 Å². The second kappa shape index (κ2) is 10.2. The lowest BCUT2D eigenvalue weighted by molar-refractivity contribution is 0.0940. The monoisotopic (exact) mass is 466 g/mol. The maximum Gasteiger partial charge on any atom is 0.199 e. The van der Waals surface area contributed by atoms with Crippen molar-refractivity contribution in [2.45, 2.75) is 6.04 Å². The van der Waals surface area contributed by atoms with Gasteiger partial charge in [0.05, 0.1) is 30.6 Å². The summed E-state index contributed by atoms with van der Waals surface area (Å²) >= 11 is 0. The number of nitrogens with two attached hydrogens (primary N) is 2. The van der Waals surface area contributed by atoms with Crippen LogP contribution in [0.2, 0.25) is 0 Å². The number of aromatic nitrogens is 3. The van der Waals surface area contributed by atoms with Crippen LogP contribution in [0.5, 0.6) is 0 Å². The number of hydrogen-bond acceptors (Lipinski definition) is 7. The molecule has 9 heteroatoms. The first kappa shape index (κ1) is 22.3. The quantitative estimate of drug-likeness (QED) is 0.300. The van der Waals surface area contributed by atoms with Crippen LogP contribution in [0.4, 0.5) is 23.0 Å². The lowest BCUT2D eigenvalue weighted by atomic mass is 10.0. The van der Waals surface area contributed by atoms with Gasteiger partial charge in [-0.15, -0.1) is 10.2 Å². The highest BCUT2D eigenvalue weighted by molar-refractivity contribution is 5.94. The van der Waals surface area contributed by atoms with Crippen molar-refractivity contribution in [3.63, 3.8) is 0 Å². The molecule has 4 aromatic rings. The van der Waals surface area contributed by atoms with Gasteiger partial charge in [0.25, 0.3) is 0 Å². The van der Waals surface area contributed by atoms with Crippen molar-refractivity contribution in [3.05, 3.63) is 90.6 Å². The molecule has 1 fully saturated rings. The van der Waals surface area contributed by atoms with E-state index in [0.29, 0.717) is 31.3 Å². The number of pyridine rings is 1. The number of aliphatic imine (C=N–C) groups is 1. The van der Waals surface area contributed by atoms with Crippen molar-refractivity contribution in [2.24, 2.45) is 10.7 Å². The Morgan fingerprint density at radius 1 is 0.971 bits per heavy atom. The average Bonchev–Trinajstić information content (AvgIpc) is 2.90. The lowest BCUT2D eigenvalue weighted by Crippen LogP contribution is -2.41. The fourth-order valence-corrected chi connectivity index (χ4v) is 4.10. The molecule has 35 heavy (non-hydrogen) atoms. The molecule has 0 amide bonds. The summed E-state index contributed by atoms with van der Waals surface area (Å²) in [5.41, 5.74) is 16.7. The molecule has 5 N–H and O–H groups in total. The van der Waals surface area contributed by atoms with Crippen LogP contribution < -0.4 is 21.7 Å². The number of morpholine rings is 1. The van der Waals surface area contributed by atoms with Crippen LogP contribution in [0.1, 0.15) is 11.6 Å². The molecule has 0 saturated carbocycles. The number of rotatable bonds is 5. The summed E-state index contributed by atoms with van der Waals surface area (Å²) in [6, 6.07) is 25.0. The first-order chi connectivity index (χ1) is 17.2. The van der Waals surface area contributed by atoms with Crippen molar-refractivity contribution in [1.29, 1.82) is 0 Å². The van der Waals surface area contributed by atoms with Crippen LogP contribution in [0.25, 0.3) is 11.3 Å². The van der Waals surface area contributed by atoms with E-state index in [0.717, 1.165) is 28.3 Å². The SMILES string of the molecule is NC(=Nc1ccc(-c2ccccc2)nn1)Nc1ccccc1C1COCCN1c1ncccc1N. The van der Waals surface area contributed by atoms with Crippen molar-refractivity contribution in [3.8, 4) is 11.3 Å². The molecule has 9 nitrogen and oxygen atoms in total. The number of nitrogens with zero attached hydrogens (tertiary/aromatic N) is 5. The molecule has 1 atom stereocenters. The smallest absolute Gasteiger partial charge is 0.199 e. The summed E-state index contributed by atoms with van der Waals surface area (Å²) in [5.74, 6) is 1.36. The predicted molar refractivity (Wildman–Crippen MR) is 138 cm³/mol. The largest absolute Gasteiger partial charge is 0.396 e.